The predicted molar refractivity (Wildman–Crippen MR) is 69.5 cm³/mol. The van der Waals surface area contributed by atoms with Crippen LogP contribution >= 0.6 is 25.3 Å². The molecule has 0 aliphatic carbocycles. The molecule has 1 aromatic rings. The lowest BCUT2D eigenvalue weighted by atomic mass is 9.90. The molecule has 2 rings (SSSR count). The number of pyridine rings is 1. The molecule has 0 amide bonds. The molecule has 1 aromatic heterocycles. The average molecular weight is 240 g/mol. The minimum Gasteiger partial charge on any atom is -0.283 e. The van der Waals surface area contributed by atoms with E-state index in [-0.39, 0.29) is 4.71 Å². The Hall–Kier alpha value is -0.190. The van der Waals surface area contributed by atoms with E-state index in [4.69, 9.17) is 0 Å². The summed E-state index contributed by atoms with van der Waals surface area (Å²) in [4.78, 5) is 6.34. The lowest BCUT2D eigenvalue weighted by Crippen LogP contribution is -2.35. The van der Waals surface area contributed by atoms with Crippen molar-refractivity contribution in [1.29, 1.82) is 0 Å². The Labute approximate surface area is 102 Å². The molecule has 2 nitrogen and oxygen atoms in total. The smallest absolute Gasteiger partial charge is 0.0969 e. The van der Waals surface area contributed by atoms with E-state index in [1.165, 1.54) is 18.4 Å². The zero-order valence-corrected chi connectivity index (χ0v) is 10.4. The van der Waals surface area contributed by atoms with Crippen LogP contribution in [0.3, 0.4) is 0 Å². The van der Waals surface area contributed by atoms with Gasteiger partial charge in [0.15, 0.2) is 0 Å². The maximum Gasteiger partial charge on any atom is 0.0969 e. The Kier molecular flexibility index (Phi) is 3.94. The molecule has 15 heavy (non-hydrogen) atoms. The summed E-state index contributed by atoms with van der Waals surface area (Å²) in [7, 11) is 0. The van der Waals surface area contributed by atoms with Crippen LogP contribution in [-0.2, 0) is 0 Å². The standard InChI is InChI=1S/C11H16N2S2/c14-11(15)13-7-3-10(4-8-13)9-1-5-12-6-2-9/h1-2,5-6,10-11,14-15H,3-4,7-8H2. The number of thiol groups is 2. The Bertz CT molecular complexity index is 295. The van der Waals surface area contributed by atoms with Gasteiger partial charge in [0, 0.05) is 25.5 Å². The van der Waals surface area contributed by atoms with Crippen molar-refractivity contribution in [2.75, 3.05) is 13.1 Å². The van der Waals surface area contributed by atoms with Gasteiger partial charge in [-0.1, -0.05) is 0 Å². The molecule has 1 saturated heterocycles. The number of aromatic nitrogens is 1. The van der Waals surface area contributed by atoms with Gasteiger partial charge in [0.05, 0.1) is 4.71 Å². The lowest BCUT2D eigenvalue weighted by Gasteiger charge is -2.33. The fourth-order valence-electron chi connectivity index (χ4n) is 2.10. The zero-order valence-electron chi connectivity index (χ0n) is 8.58. The van der Waals surface area contributed by atoms with E-state index < -0.39 is 0 Å². The Morgan fingerprint density at radius 1 is 1.20 bits per heavy atom. The van der Waals surface area contributed by atoms with Crippen molar-refractivity contribution in [3.8, 4) is 0 Å². The number of nitrogens with zero attached hydrogens (tertiary/aromatic N) is 2. The summed E-state index contributed by atoms with van der Waals surface area (Å²) in [5.74, 6) is 0.685. The van der Waals surface area contributed by atoms with E-state index in [1.807, 2.05) is 12.4 Å². The minimum atomic E-state index is 0.0865. The third-order valence-corrected chi connectivity index (χ3v) is 3.69. The molecule has 0 aromatic carbocycles. The summed E-state index contributed by atoms with van der Waals surface area (Å²) in [6.07, 6.45) is 6.15. The van der Waals surface area contributed by atoms with Gasteiger partial charge in [-0.05, 0) is 36.5 Å². The van der Waals surface area contributed by atoms with Crippen LogP contribution in [0.25, 0.3) is 0 Å². The van der Waals surface area contributed by atoms with Gasteiger partial charge < -0.3 is 0 Å². The third kappa shape index (κ3) is 2.89. The molecule has 1 aliphatic heterocycles. The molecule has 0 atom stereocenters. The second-order valence-corrected chi connectivity index (χ2v) is 5.32. The van der Waals surface area contributed by atoms with Gasteiger partial charge in [-0.3, -0.25) is 9.88 Å². The zero-order chi connectivity index (χ0) is 10.7. The normalized spacial score (nSPS) is 19.7. The molecule has 2 heterocycles. The maximum atomic E-state index is 4.34. The first-order chi connectivity index (χ1) is 7.27. The number of likely N-dealkylation sites (tertiary alicyclic amines) is 1. The van der Waals surface area contributed by atoms with Crippen LogP contribution in [-0.4, -0.2) is 27.7 Å². The van der Waals surface area contributed by atoms with Gasteiger partial charge in [0.25, 0.3) is 0 Å². The van der Waals surface area contributed by atoms with E-state index in [9.17, 15) is 0 Å². The van der Waals surface area contributed by atoms with E-state index in [0.29, 0.717) is 5.92 Å². The van der Waals surface area contributed by atoms with Crippen molar-refractivity contribution < 1.29 is 0 Å². The number of piperidine rings is 1. The van der Waals surface area contributed by atoms with Crippen molar-refractivity contribution >= 4 is 25.3 Å². The number of hydrogen-bond acceptors (Lipinski definition) is 4. The molecule has 0 saturated carbocycles. The van der Waals surface area contributed by atoms with Crippen LogP contribution in [0.2, 0.25) is 0 Å². The Morgan fingerprint density at radius 3 is 2.33 bits per heavy atom. The van der Waals surface area contributed by atoms with Gasteiger partial charge in [-0.2, -0.15) is 0 Å². The molecule has 1 aliphatic rings. The number of hydrogen-bond donors (Lipinski definition) is 2. The monoisotopic (exact) mass is 240 g/mol. The van der Waals surface area contributed by atoms with Crippen molar-refractivity contribution in [3.05, 3.63) is 30.1 Å². The highest BCUT2D eigenvalue weighted by molar-refractivity contribution is 7.99. The van der Waals surface area contributed by atoms with Crippen molar-refractivity contribution in [1.82, 2.24) is 9.88 Å². The van der Waals surface area contributed by atoms with Gasteiger partial charge in [-0.15, -0.1) is 25.3 Å². The maximum absolute atomic E-state index is 4.34. The minimum absolute atomic E-state index is 0.0865. The first kappa shape index (κ1) is 11.3. The fraction of sp³-hybridized carbons (Fsp3) is 0.545. The molecule has 4 heteroatoms. The average Bonchev–Trinajstić information content (AvgIpc) is 2.30. The van der Waals surface area contributed by atoms with E-state index in [1.54, 1.807) is 0 Å². The fourth-order valence-corrected chi connectivity index (χ4v) is 2.56. The van der Waals surface area contributed by atoms with Crippen LogP contribution in [0.4, 0.5) is 0 Å². The largest absolute Gasteiger partial charge is 0.283 e. The number of rotatable bonds is 2. The topological polar surface area (TPSA) is 16.1 Å². The lowest BCUT2D eigenvalue weighted by molar-refractivity contribution is 0.235. The van der Waals surface area contributed by atoms with Crippen LogP contribution in [0.5, 0.6) is 0 Å². The molecule has 0 bridgehead atoms. The molecular formula is C11H16N2S2. The van der Waals surface area contributed by atoms with E-state index in [0.717, 1.165) is 13.1 Å². The third-order valence-electron chi connectivity index (χ3n) is 3.03. The first-order valence-electron chi connectivity index (χ1n) is 5.27. The van der Waals surface area contributed by atoms with Crippen molar-refractivity contribution in [2.45, 2.75) is 23.5 Å². The molecule has 0 unspecified atom stereocenters. The highest BCUT2D eigenvalue weighted by Crippen LogP contribution is 2.29. The Morgan fingerprint density at radius 2 is 1.80 bits per heavy atom. The van der Waals surface area contributed by atoms with Gasteiger partial charge >= 0.3 is 0 Å². The van der Waals surface area contributed by atoms with E-state index >= 15 is 0 Å². The molecule has 0 spiro atoms. The van der Waals surface area contributed by atoms with Crippen molar-refractivity contribution in [3.63, 3.8) is 0 Å². The van der Waals surface area contributed by atoms with Crippen LogP contribution in [0, 0.1) is 0 Å². The molecule has 82 valence electrons. The molecular weight excluding hydrogens is 224 g/mol. The predicted octanol–water partition coefficient (Wildman–Crippen LogP) is 2.40. The molecule has 0 radical (unpaired) electrons. The molecule has 0 N–H and O–H groups in total. The molecule has 1 fully saturated rings. The summed E-state index contributed by atoms with van der Waals surface area (Å²) in [6.45, 7) is 2.18. The summed E-state index contributed by atoms with van der Waals surface area (Å²) in [5, 5.41) is 0. The first-order valence-corrected chi connectivity index (χ1v) is 6.31. The highest BCUT2D eigenvalue weighted by Gasteiger charge is 2.22. The van der Waals surface area contributed by atoms with Crippen molar-refractivity contribution in [2.24, 2.45) is 0 Å². The Balaban J connectivity index is 1.94. The van der Waals surface area contributed by atoms with E-state index in [2.05, 4.69) is 47.3 Å². The quantitative estimate of drug-likeness (QED) is 0.610. The van der Waals surface area contributed by atoms with Gasteiger partial charge in [0.2, 0.25) is 0 Å². The summed E-state index contributed by atoms with van der Waals surface area (Å²) >= 11 is 8.68. The second kappa shape index (κ2) is 5.23. The second-order valence-electron chi connectivity index (χ2n) is 3.94. The summed E-state index contributed by atoms with van der Waals surface area (Å²) in [5.41, 5.74) is 1.42. The summed E-state index contributed by atoms with van der Waals surface area (Å²) in [6, 6.07) is 4.25. The van der Waals surface area contributed by atoms with Crippen LogP contribution in [0.1, 0.15) is 24.3 Å². The SMILES string of the molecule is SC(S)N1CCC(c2ccncc2)CC1. The highest BCUT2D eigenvalue weighted by atomic mass is 32.2. The van der Waals surface area contributed by atoms with Crippen LogP contribution in [0.15, 0.2) is 24.5 Å². The van der Waals surface area contributed by atoms with Gasteiger partial charge in [-0.25, -0.2) is 0 Å². The van der Waals surface area contributed by atoms with Gasteiger partial charge in [0.1, 0.15) is 0 Å². The van der Waals surface area contributed by atoms with Crippen LogP contribution < -0.4 is 0 Å². The summed E-state index contributed by atoms with van der Waals surface area (Å²) < 4.78 is 0.0865.